The van der Waals surface area contributed by atoms with Crippen molar-refractivity contribution < 1.29 is 17.9 Å². The molecule has 0 saturated carbocycles. The third-order valence-corrected chi connectivity index (χ3v) is 5.64. The van der Waals surface area contributed by atoms with Gasteiger partial charge < -0.3 is 10.1 Å². The minimum absolute atomic E-state index is 0.0106. The third-order valence-electron chi connectivity index (χ3n) is 4.01. The summed E-state index contributed by atoms with van der Waals surface area (Å²) in [7, 11) is -2.39. The van der Waals surface area contributed by atoms with E-state index in [2.05, 4.69) is 15.0 Å². The molecule has 0 unspecified atom stereocenters. The average molecular weight is 432 g/mol. The van der Waals surface area contributed by atoms with Crippen molar-refractivity contribution in [3.63, 3.8) is 0 Å². The van der Waals surface area contributed by atoms with Crippen molar-refractivity contribution in [3.8, 4) is 5.75 Å². The van der Waals surface area contributed by atoms with Gasteiger partial charge in [-0.05, 0) is 48.0 Å². The lowest BCUT2D eigenvalue weighted by Crippen LogP contribution is -2.23. The normalized spacial score (nSPS) is 11.1. The van der Waals surface area contributed by atoms with Gasteiger partial charge in [-0.2, -0.15) is 0 Å². The first-order valence-electron chi connectivity index (χ1n) is 8.52. The number of benzene rings is 2. The lowest BCUT2D eigenvalue weighted by Gasteiger charge is -2.13. The molecular formula is C20H18ClN3O4S. The molecule has 0 aliphatic heterocycles. The predicted octanol–water partition coefficient (Wildman–Crippen LogP) is 3.47. The van der Waals surface area contributed by atoms with Gasteiger partial charge in [-0.25, -0.2) is 13.1 Å². The number of anilines is 1. The second-order valence-electron chi connectivity index (χ2n) is 6.01. The molecule has 0 aliphatic rings. The van der Waals surface area contributed by atoms with Crippen LogP contribution in [0.25, 0.3) is 0 Å². The van der Waals surface area contributed by atoms with E-state index in [1.165, 1.54) is 31.4 Å². The van der Waals surface area contributed by atoms with Gasteiger partial charge in [0.15, 0.2) is 0 Å². The van der Waals surface area contributed by atoms with Crippen LogP contribution in [0.4, 0.5) is 5.69 Å². The Morgan fingerprint density at radius 3 is 2.66 bits per heavy atom. The predicted molar refractivity (Wildman–Crippen MR) is 111 cm³/mol. The first-order valence-corrected chi connectivity index (χ1v) is 10.4. The molecule has 1 heterocycles. The number of pyridine rings is 1. The van der Waals surface area contributed by atoms with Gasteiger partial charge in [-0.3, -0.25) is 9.78 Å². The number of aromatic nitrogens is 1. The highest BCUT2D eigenvalue weighted by molar-refractivity contribution is 7.89. The Hall–Kier alpha value is -2.94. The molecule has 2 N–H and O–H groups in total. The number of amides is 1. The number of nitrogens with zero attached hydrogens (tertiary/aromatic N) is 1. The highest BCUT2D eigenvalue weighted by Crippen LogP contribution is 2.28. The summed E-state index contributed by atoms with van der Waals surface area (Å²) in [6, 6.07) is 14.1. The van der Waals surface area contributed by atoms with Crippen molar-refractivity contribution in [2.75, 3.05) is 12.4 Å². The van der Waals surface area contributed by atoms with Gasteiger partial charge in [0.05, 0.1) is 17.7 Å². The van der Waals surface area contributed by atoms with Crippen molar-refractivity contribution >= 4 is 33.2 Å². The zero-order valence-corrected chi connectivity index (χ0v) is 17.0. The first kappa shape index (κ1) is 20.8. The van der Waals surface area contributed by atoms with Gasteiger partial charge in [0.25, 0.3) is 5.91 Å². The quantitative estimate of drug-likeness (QED) is 0.597. The van der Waals surface area contributed by atoms with E-state index < -0.39 is 15.9 Å². The van der Waals surface area contributed by atoms with Crippen molar-refractivity contribution in [2.24, 2.45) is 0 Å². The second kappa shape index (κ2) is 9.04. The molecule has 3 aromatic rings. The number of sulfonamides is 1. The summed E-state index contributed by atoms with van der Waals surface area (Å²) in [4.78, 5) is 16.5. The molecule has 9 heteroatoms. The van der Waals surface area contributed by atoms with E-state index in [4.69, 9.17) is 16.3 Å². The number of carbonyl (C=O) groups is 1. The zero-order valence-electron chi connectivity index (χ0n) is 15.4. The number of nitrogens with one attached hydrogen (secondary N) is 2. The van der Waals surface area contributed by atoms with Crippen LogP contribution < -0.4 is 14.8 Å². The molecule has 1 aromatic heterocycles. The number of rotatable bonds is 7. The second-order valence-corrected chi connectivity index (χ2v) is 8.22. The molecule has 3 rings (SSSR count). The lowest BCUT2D eigenvalue weighted by molar-refractivity contribution is 0.102. The summed E-state index contributed by atoms with van der Waals surface area (Å²) in [5, 5.41) is 3.08. The minimum atomic E-state index is -3.82. The van der Waals surface area contributed by atoms with Crippen molar-refractivity contribution in [1.29, 1.82) is 0 Å². The Morgan fingerprint density at radius 1 is 1.14 bits per heavy atom. The summed E-state index contributed by atoms with van der Waals surface area (Å²) >= 11 is 5.92. The average Bonchev–Trinajstić information content (AvgIpc) is 2.73. The Kier molecular flexibility index (Phi) is 6.48. The molecule has 0 aliphatic carbocycles. The number of hydrogen-bond donors (Lipinski definition) is 2. The molecular weight excluding hydrogens is 414 g/mol. The Balaban J connectivity index is 1.83. The molecule has 0 spiro atoms. The van der Waals surface area contributed by atoms with Crippen LogP contribution in [-0.2, 0) is 16.6 Å². The standard InChI is InChI=1S/C20H18ClN3O4S/c1-28-19-8-7-17(29(26,27)23-13-14-4-3-9-22-12-14)11-18(19)24-20(25)15-5-2-6-16(21)10-15/h2-12,23H,13H2,1H3,(H,24,25). The largest absolute Gasteiger partial charge is 0.495 e. The van der Waals surface area contributed by atoms with E-state index in [9.17, 15) is 13.2 Å². The van der Waals surface area contributed by atoms with E-state index >= 15 is 0 Å². The molecule has 2 aromatic carbocycles. The summed E-state index contributed by atoms with van der Waals surface area (Å²) < 4.78 is 33.1. The number of carbonyl (C=O) groups excluding carboxylic acids is 1. The van der Waals surface area contributed by atoms with Gasteiger partial charge >= 0.3 is 0 Å². The van der Waals surface area contributed by atoms with E-state index in [-0.39, 0.29) is 17.1 Å². The number of halogens is 1. The monoisotopic (exact) mass is 431 g/mol. The van der Waals surface area contributed by atoms with Crippen LogP contribution in [0.1, 0.15) is 15.9 Å². The van der Waals surface area contributed by atoms with Crippen LogP contribution in [-0.4, -0.2) is 26.4 Å². The van der Waals surface area contributed by atoms with E-state index in [0.29, 0.717) is 16.3 Å². The maximum absolute atomic E-state index is 12.7. The maximum Gasteiger partial charge on any atom is 0.255 e. The molecule has 0 bridgehead atoms. The van der Waals surface area contributed by atoms with Gasteiger partial charge in [0, 0.05) is 29.5 Å². The Morgan fingerprint density at radius 2 is 1.97 bits per heavy atom. The SMILES string of the molecule is COc1ccc(S(=O)(=O)NCc2cccnc2)cc1NC(=O)c1cccc(Cl)c1. The van der Waals surface area contributed by atoms with Crippen LogP contribution >= 0.6 is 11.6 Å². The summed E-state index contributed by atoms with van der Waals surface area (Å²) in [6.45, 7) is 0.0897. The highest BCUT2D eigenvalue weighted by Gasteiger charge is 2.18. The molecule has 0 atom stereocenters. The van der Waals surface area contributed by atoms with Crippen LogP contribution in [0.2, 0.25) is 5.02 Å². The van der Waals surface area contributed by atoms with E-state index in [0.717, 1.165) is 5.56 Å². The lowest BCUT2D eigenvalue weighted by atomic mass is 10.2. The first-order chi connectivity index (χ1) is 13.9. The van der Waals surface area contributed by atoms with Gasteiger partial charge in [0.2, 0.25) is 10.0 Å². The number of ether oxygens (including phenoxy) is 1. The molecule has 0 radical (unpaired) electrons. The topological polar surface area (TPSA) is 97.4 Å². The molecule has 0 saturated heterocycles. The number of hydrogen-bond acceptors (Lipinski definition) is 5. The summed E-state index contributed by atoms with van der Waals surface area (Å²) in [6.07, 6.45) is 3.18. The molecule has 0 fully saturated rings. The highest BCUT2D eigenvalue weighted by atomic mass is 35.5. The van der Waals surface area contributed by atoms with Crippen LogP contribution in [0.3, 0.4) is 0 Å². The van der Waals surface area contributed by atoms with E-state index in [1.807, 2.05) is 0 Å². The van der Waals surface area contributed by atoms with Gasteiger partial charge in [-0.1, -0.05) is 23.7 Å². The minimum Gasteiger partial charge on any atom is -0.495 e. The van der Waals surface area contributed by atoms with Crippen molar-refractivity contribution in [3.05, 3.63) is 83.1 Å². The van der Waals surface area contributed by atoms with Crippen LogP contribution in [0.15, 0.2) is 71.9 Å². The van der Waals surface area contributed by atoms with Gasteiger partial charge in [-0.15, -0.1) is 0 Å². The molecule has 7 nitrogen and oxygen atoms in total. The van der Waals surface area contributed by atoms with E-state index in [1.54, 1.807) is 42.7 Å². The van der Waals surface area contributed by atoms with Crippen molar-refractivity contribution in [1.82, 2.24) is 9.71 Å². The van der Waals surface area contributed by atoms with Crippen LogP contribution in [0.5, 0.6) is 5.75 Å². The zero-order chi connectivity index (χ0) is 20.9. The fourth-order valence-corrected chi connectivity index (χ4v) is 3.77. The maximum atomic E-state index is 12.7. The smallest absolute Gasteiger partial charge is 0.255 e. The summed E-state index contributed by atoms with van der Waals surface area (Å²) in [5.74, 6) is -0.116. The molecule has 150 valence electrons. The Bertz CT molecular complexity index is 1120. The third kappa shape index (κ3) is 5.32. The Labute approximate surface area is 173 Å². The fraction of sp³-hybridized carbons (Fsp3) is 0.100. The summed E-state index contributed by atoms with van der Waals surface area (Å²) in [5.41, 5.74) is 1.28. The molecule has 1 amide bonds. The van der Waals surface area contributed by atoms with Crippen LogP contribution in [0, 0.1) is 0 Å². The number of methoxy groups -OCH3 is 1. The fourth-order valence-electron chi connectivity index (χ4n) is 2.54. The van der Waals surface area contributed by atoms with Crippen molar-refractivity contribution in [2.45, 2.75) is 11.4 Å². The molecule has 29 heavy (non-hydrogen) atoms. The van der Waals surface area contributed by atoms with Gasteiger partial charge in [0.1, 0.15) is 5.75 Å².